The molecule has 17 heteroatoms. The minimum Gasteiger partial charge on any atom is -0.414 e. The molecule has 3 fully saturated rings. The number of benzene rings is 1. The molecular weight excluding hydrogens is 965 g/mol. The number of rotatable bonds is 26. The van der Waals surface area contributed by atoms with E-state index in [0.717, 1.165) is 30.2 Å². The first kappa shape index (κ1) is 61.2. The van der Waals surface area contributed by atoms with Crippen molar-refractivity contribution >= 4 is 36.6 Å². The summed E-state index contributed by atoms with van der Waals surface area (Å²) in [6.45, 7) is 40.5. The smallest absolute Gasteiger partial charge is 0.264 e. The molecule has 0 saturated carbocycles. The minimum absolute atomic E-state index is 0.00368. The lowest BCUT2D eigenvalue weighted by molar-refractivity contribution is -0.225. The van der Waals surface area contributed by atoms with E-state index in [1.165, 1.54) is 0 Å². The van der Waals surface area contributed by atoms with Crippen LogP contribution in [0.2, 0.25) is 36.3 Å². The Hall–Kier alpha value is -1.33. The standard InChI is InChI=1S/C53H94O13S2Si2/c1-19-39-20-24-43(25-21-39)68(57,58)33-44-47(64-48(50(44)59-13)30-42(66-70(17,18)52(8,9)10)32-62-69(15,16)51(5,6)7)31-45(54)38(4)36(2)28-41(65-67(14,55)56)22-26-46-37(3)29-40(63-46)23-27-49-60-34-53(11,12)35-61-49/h20-21,24-25,36,40-42,44-50,54H,3-4,19,22-23,26-35H2,1-2,5-18H3/t36-,40+,41-,42+,44+,45-,46+,47+,48-,50-/m1/s1. The second-order valence-electron chi connectivity index (χ2n) is 24.5. The van der Waals surface area contributed by atoms with Crippen molar-refractivity contribution in [1.29, 1.82) is 0 Å². The molecular formula is C53H94O13S2Si2. The number of ether oxygens (including phenoxy) is 5. The zero-order chi connectivity index (χ0) is 52.8. The van der Waals surface area contributed by atoms with Gasteiger partial charge in [0.2, 0.25) is 0 Å². The third-order valence-electron chi connectivity index (χ3n) is 15.7. The number of aliphatic hydroxyl groups is 1. The summed E-state index contributed by atoms with van der Waals surface area (Å²) in [7, 11) is -10.6. The van der Waals surface area contributed by atoms with Crippen LogP contribution in [0.1, 0.15) is 126 Å². The van der Waals surface area contributed by atoms with Crippen LogP contribution >= 0.6 is 0 Å². The molecule has 70 heavy (non-hydrogen) atoms. The molecule has 0 amide bonds. The van der Waals surface area contributed by atoms with E-state index in [1.807, 2.05) is 26.0 Å². The predicted octanol–water partition coefficient (Wildman–Crippen LogP) is 10.6. The summed E-state index contributed by atoms with van der Waals surface area (Å²) in [4.78, 5) is 0.217. The fourth-order valence-corrected chi connectivity index (χ4v) is 13.8. The molecule has 1 aromatic carbocycles. The first-order valence-corrected chi connectivity index (χ1v) is 35.0. The average Bonchev–Trinajstić information content (AvgIpc) is 3.75. The normalized spacial score (nSPS) is 26.0. The highest BCUT2D eigenvalue weighted by Crippen LogP contribution is 2.43. The molecule has 0 spiro atoms. The molecule has 3 aliphatic rings. The van der Waals surface area contributed by atoms with Gasteiger partial charge in [-0.05, 0) is 110 Å². The summed E-state index contributed by atoms with van der Waals surface area (Å²) in [5.74, 6) is -1.30. The van der Waals surface area contributed by atoms with Crippen LogP contribution in [-0.4, -0.2) is 133 Å². The number of sulfone groups is 1. The topological polar surface area (TPSA) is 162 Å². The molecule has 3 aliphatic heterocycles. The van der Waals surface area contributed by atoms with Gasteiger partial charge in [0.05, 0.1) is 85.6 Å². The zero-order valence-electron chi connectivity index (χ0n) is 45.9. The Bertz CT molecular complexity index is 2070. The van der Waals surface area contributed by atoms with Crippen LogP contribution in [0, 0.1) is 17.3 Å². The quantitative estimate of drug-likeness (QED) is 0.0530. The maximum atomic E-state index is 14.3. The van der Waals surface area contributed by atoms with Crippen LogP contribution in [0.25, 0.3) is 0 Å². The highest BCUT2D eigenvalue weighted by Gasteiger charge is 2.50. The Morgan fingerprint density at radius 2 is 1.49 bits per heavy atom. The first-order valence-electron chi connectivity index (χ1n) is 25.7. The number of methoxy groups -OCH3 is 1. The predicted molar refractivity (Wildman–Crippen MR) is 284 cm³/mol. The minimum atomic E-state index is -3.84. The van der Waals surface area contributed by atoms with Gasteiger partial charge in [-0.3, -0.25) is 4.18 Å². The van der Waals surface area contributed by atoms with E-state index >= 15 is 0 Å². The van der Waals surface area contributed by atoms with Gasteiger partial charge in [-0.2, -0.15) is 8.42 Å². The molecule has 1 aromatic rings. The van der Waals surface area contributed by atoms with E-state index in [-0.39, 0.29) is 69.5 Å². The summed E-state index contributed by atoms with van der Waals surface area (Å²) < 4.78 is 105. The van der Waals surface area contributed by atoms with Crippen molar-refractivity contribution in [3.63, 3.8) is 0 Å². The Balaban J connectivity index is 1.53. The van der Waals surface area contributed by atoms with Crippen molar-refractivity contribution in [3.8, 4) is 0 Å². The highest BCUT2D eigenvalue weighted by molar-refractivity contribution is 7.91. The van der Waals surface area contributed by atoms with Gasteiger partial charge >= 0.3 is 0 Å². The highest BCUT2D eigenvalue weighted by atomic mass is 32.2. The van der Waals surface area contributed by atoms with Crippen molar-refractivity contribution in [2.75, 3.05) is 38.9 Å². The number of hydrogen-bond donors (Lipinski definition) is 1. The molecule has 0 aliphatic carbocycles. The molecule has 3 heterocycles. The van der Waals surface area contributed by atoms with Crippen LogP contribution in [0.4, 0.5) is 0 Å². The van der Waals surface area contributed by atoms with E-state index in [1.54, 1.807) is 19.2 Å². The SMILES string of the molecule is C=C([C@H](C)C[C@@H](CC[C@@H]1O[C@@H](CCC2OCC(C)(C)CO2)CC1=C)OS(C)(=O)=O)[C@H](O)C[C@@H]1O[C@H](C[C@@H](CO[Si](C)(C)C(C)(C)C)O[Si](C)(C)C(C)(C)C)[C@H](OC)[C@H]1CS(=O)(=O)c1ccc(CC)cc1. The monoisotopic (exact) mass is 1060 g/mol. The lowest BCUT2D eigenvalue weighted by atomic mass is 9.86. The maximum Gasteiger partial charge on any atom is 0.264 e. The van der Waals surface area contributed by atoms with Crippen molar-refractivity contribution < 1.29 is 58.7 Å². The van der Waals surface area contributed by atoms with Gasteiger partial charge in [-0.15, -0.1) is 0 Å². The summed E-state index contributed by atoms with van der Waals surface area (Å²) in [5, 5.41) is 11.9. The number of hydrogen-bond acceptors (Lipinski definition) is 13. The second kappa shape index (κ2) is 24.6. The van der Waals surface area contributed by atoms with E-state index in [9.17, 15) is 21.9 Å². The van der Waals surface area contributed by atoms with Crippen molar-refractivity contribution in [3.05, 3.63) is 54.1 Å². The van der Waals surface area contributed by atoms with Crippen LogP contribution in [0.15, 0.2) is 53.5 Å². The Morgan fingerprint density at radius 1 is 0.886 bits per heavy atom. The largest absolute Gasteiger partial charge is 0.414 e. The van der Waals surface area contributed by atoms with Crippen molar-refractivity contribution in [1.82, 2.24) is 0 Å². The number of aliphatic hydroxyl groups excluding tert-OH is 1. The number of aryl methyl sites for hydroxylation is 1. The van der Waals surface area contributed by atoms with Gasteiger partial charge in [-0.25, -0.2) is 8.42 Å². The van der Waals surface area contributed by atoms with E-state index in [4.69, 9.17) is 36.7 Å². The molecule has 3 saturated heterocycles. The molecule has 13 nitrogen and oxygen atoms in total. The molecule has 1 N–H and O–H groups in total. The fourth-order valence-electron chi connectivity index (χ4n) is 9.14. The third-order valence-corrected chi connectivity index (χ3v) is 27.2. The lowest BCUT2D eigenvalue weighted by Crippen LogP contribution is -2.49. The molecule has 10 atom stereocenters. The van der Waals surface area contributed by atoms with Gasteiger partial charge in [0.25, 0.3) is 10.1 Å². The maximum absolute atomic E-state index is 14.3. The first-order chi connectivity index (χ1) is 32.1. The molecule has 0 unspecified atom stereocenters. The fraction of sp³-hybridized carbons (Fsp3) is 0.811. The van der Waals surface area contributed by atoms with Crippen molar-refractivity contribution in [2.45, 2.75) is 223 Å². The molecule has 0 aromatic heterocycles. The van der Waals surface area contributed by atoms with Crippen LogP contribution < -0.4 is 0 Å². The third kappa shape index (κ3) is 17.6. The average molecular weight is 1060 g/mol. The van der Waals surface area contributed by atoms with Crippen LogP contribution in [0.3, 0.4) is 0 Å². The zero-order valence-corrected chi connectivity index (χ0v) is 49.6. The summed E-state index contributed by atoms with van der Waals surface area (Å²) >= 11 is 0. The van der Waals surface area contributed by atoms with Crippen molar-refractivity contribution in [2.24, 2.45) is 17.3 Å². The lowest BCUT2D eigenvalue weighted by Gasteiger charge is -2.42. The van der Waals surface area contributed by atoms with Crippen LogP contribution in [-0.2, 0) is 63.1 Å². The Labute approximate surface area is 426 Å². The molecule has 0 radical (unpaired) electrons. The van der Waals surface area contributed by atoms with E-state index < -0.39 is 73.0 Å². The molecule has 0 bridgehead atoms. The van der Waals surface area contributed by atoms with Gasteiger partial charge in [-0.1, -0.05) is 94.5 Å². The van der Waals surface area contributed by atoms with Gasteiger partial charge < -0.3 is 37.6 Å². The Morgan fingerprint density at radius 3 is 2.03 bits per heavy atom. The van der Waals surface area contributed by atoms with Gasteiger partial charge in [0, 0.05) is 37.7 Å². The van der Waals surface area contributed by atoms with E-state index in [0.29, 0.717) is 57.5 Å². The summed E-state index contributed by atoms with van der Waals surface area (Å²) in [6.07, 6.45) is 0.879. The van der Waals surface area contributed by atoms with Gasteiger partial charge in [0.15, 0.2) is 32.8 Å². The van der Waals surface area contributed by atoms with E-state index in [2.05, 4.69) is 94.7 Å². The molecule has 404 valence electrons. The second-order valence-corrected chi connectivity index (χ2v) is 37.7. The summed E-state index contributed by atoms with van der Waals surface area (Å²) in [6, 6.07) is 6.99. The Kier molecular flexibility index (Phi) is 21.5. The summed E-state index contributed by atoms with van der Waals surface area (Å²) in [5.41, 5.74) is 2.46. The van der Waals surface area contributed by atoms with Gasteiger partial charge in [0.1, 0.15) is 0 Å². The van der Waals surface area contributed by atoms with Crippen LogP contribution in [0.5, 0.6) is 0 Å². The molecule has 4 rings (SSSR count).